The summed E-state index contributed by atoms with van der Waals surface area (Å²) in [5, 5.41) is 19.1. The van der Waals surface area contributed by atoms with Gasteiger partial charge in [-0.15, -0.1) is 0 Å². The van der Waals surface area contributed by atoms with Gasteiger partial charge in [-0.25, -0.2) is 13.2 Å². The standard InChI is InChI=1S/C18H15Cl2N3O4S2/c19-13-8-14(20)10-15(9-13)28-16-2-1-12(11-21)7-17(16)29(26,27)23-5-3-22(4-6-23)18(24)25/h1-2,7-10H,3-6H2,(H,24,25). The zero-order valence-corrected chi connectivity index (χ0v) is 18.0. The van der Waals surface area contributed by atoms with Crippen LogP contribution in [0.3, 0.4) is 0 Å². The Labute approximate surface area is 182 Å². The van der Waals surface area contributed by atoms with E-state index in [2.05, 4.69) is 0 Å². The summed E-state index contributed by atoms with van der Waals surface area (Å²) in [6.07, 6.45) is -1.08. The number of carboxylic acid groups (broad SMARTS) is 1. The Morgan fingerprint density at radius 1 is 1.07 bits per heavy atom. The average molecular weight is 472 g/mol. The van der Waals surface area contributed by atoms with Crippen LogP contribution in [0.25, 0.3) is 0 Å². The van der Waals surface area contributed by atoms with Crippen molar-refractivity contribution in [3.63, 3.8) is 0 Å². The molecule has 0 unspecified atom stereocenters. The molecule has 11 heteroatoms. The molecule has 7 nitrogen and oxygen atoms in total. The zero-order chi connectivity index (χ0) is 21.2. The molecule has 0 spiro atoms. The molecule has 1 heterocycles. The smallest absolute Gasteiger partial charge is 0.407 e. The fourth-order valence-corrected chi connectivity index (χ4v) is 6.37. The van der Waals surface area contributed by atoms with Gasteiger partial charge in [-0.3, -0.25) is 0 Å². The Bertz CT molecular complexity index is 1070. The van der Waals surface area contributed by atoms with Crippen molar-refractivity contribution in [2.75, 3.05) is 26.2 Å². The summed E-state index contributed by atoms with van der Waals surface area (Å²) < 4.78 is 27.8. The van der Waals surface area contributed by atoms with Gasteiger partial charge in [0.15, 0.2) is 0 Å². The number of rotatable bonds is 4. The summed E-state index contributed by atoms with van der Waals surface area (Å²) in [4.78, 5) is 13.3. The lowest BCUT2D eigenvalue weighted by molar-refractivity contribution is 0.126. The topological polar surface area (TPSA) is 102 Å². The van der Waals surface area contributed by atoms with Crippen molar-refractivity contribution in [2.45, 2.75) is 14.7 Å². The number of nitriles is 1. The minimum Gasteiger partial charge on any atom is -0.465 e. The van der Waals surface area contributed by atoms with Gasteiger partial charge in [0.25, 0.3) is 0 Å². The number of hydrogen-bond acceptors (Lipinski definition) is 5. The summed E-state index contributed by atoms with van der Waals surface area (Å²) in [6, 6.07) is 11.3. The second-order valence-electron chi connectivity index (χ2n) is 6.15. The lowest BCUT2D eigenvalue weighted by Gasteiger charge is -2.32. The maximum Gasteiger partial charge on any atom is 0.407 e. The summed E-state index contributed by atoms with van der Waals surface area (Å²) >= 11 is 13.2. The third-order valence-corrected chi connectivity index (χ3v) is 7.82. The van der Waals surface area contributed by atoms with Gasteiger partial charge in [-0.2, -0.15) is 9.57 Å². The van der Waals surface area contributed by atoms with Gasteiger partial charge in [0, 0.05) is 46.0 Å². The van der Waals surface area contributed by atoms with Gasteiger partial charge < -0.3 is 10.0 Å². The van der Waals surface area contributed by atoms with Crippen molar-refractivity contribution in [1.29, 1.82) is 5.26 Å². The fourth-order valence-electron chi connectivity index (χ4n) is 2.84. The van der Waals surface area contributed by atoms with E-state index < -0.39 is 16.1 Å². The van der Waals surface area contributed by atoms with E-state index >= 15 is 0 Å². The number of piperazine rings is 1. The highest BCUT2D eigenvalue weighted by atomic mass is 35.5. The first-order valence-electron chi connectivity index (χ1n) is 8.37. The molecular weight excluding hydrogens is 457 g/mol. The minimum absolute atomic E-state index is 0.0126. The number of hydrogen-bond donors (Lipinski definition) is 1. The summed E-state index contributed by atoms with van der Waals surface area (Å²) in [5.41, 5.74) is 0.209. The van der Waals surface area contributed by atoms with E-state index in [4.69, 9.17) is 28.3 Å². The number of nitrogens with zero attached hydrogens (tertiary/aromatic N) is 3. The van der Waals surface area contributed by atoms with Gasteiger partial charge in [0.1, 0.15) is 0 Å². The summed E-state index contributed by atoms with van der Waals surface area (Å²) in [6.45, 7) is 0.245. The van der Waals surface area contributed by atoms with Crippen molar-refractivity contribution in [3.8, 4) is 6.07 Å². The maximum atomic E-state index is 13.3. The lowest BCUT2D eigenvalue weighted by atomic mass is 10.2. The van der Waals surface area contributed by atoms with E-state index in [1.165, 1.54) is 33.1 Å². The summed E-state index contributed by atoms with van der Waals surface area (Å²) in [7, 11) is -3.94. The predicted molar refractivity (Wildman–Crippen MR) is 110 cm³/mol. The third-order valence-electron chi connectivity index (χ3n) is 4.26. The van der Waals surface area contributed by atoms with Crippen LogP contribution in [-0.4, -0.2) is 55.0 Å². The van der Waals surface area contributed by atoms with E-state index in [9.17, 15) is 18.5 Å². The first kappa shape index (κ1) is 21.7. The molecule has 1 saturated heterocycles. The van der Waals surface area contributed by atoms with Gasteiger partial charge in [0.2, 0.25) is 10.0 Å². The Balaban J connectivity index is 1.97. The quantitative estimate of drug-likeness (QED) is 0.722. The van der Waals surface area contributed by atoms with Crippen LogP contribution in [0.15, 0.2) is 51.1 Å². The first-order valence-corrected chi connectivity index (χ1v) is 11.4. The fraction of sp³-hybridized carbons (Fsp3) is 0.222. The van der Waals surface area contributed by atoms with Crippen LogP contribution >= 0.6 is 35.0 Å². The lowest BCUT2D eigenvalue weighted by Crippen LogP contribution is -2.50. The average Bonchev–Trinajstić information content (AvgIpc) is 2.67. The largest absolute Gasteiger partial charge is 0.465 e. The number of carbonyl (C=O) groups is 1. The highest BCUT2D eigenvalue weighted by Crippen LogP contribution is 2.37. The molecular formula is C18H15Cl2N3O4S2. The van der Waals surface area contributed by atoms with E-state index in [0.29, 0.717) is 19.8 Å². The molecule has 152 valence electrons. The van der Waals surface area contributed by atoms with Crippen molar-refractivity contribution in [1.82, 2.24) is 9.21 Å². The molecule has 1 fully saturated rings. The van der Waals surface area contributed by atoms with Gasteiger partial charge >= 0.3 is 6.09 Å². The normalized spacial score (nSPS) is 15.1. The maximum absolute atomic E-state index is 13.3. The Morgan fingerprint density at radius 2 is 1.69 bits per heavy atom. The number of amides is 1. The molecule has 1 amide bonds. The van der Waals surface area contributed by atoms with Crippen LogP contribution in [0.1, 0.15) is 5.56 Å². The number of halogens is 2. The van der Waals surface area contributed by atoms with Gasteiger partial charge in [-0.05, 0) is 36.4 Å². The van der Waals surface area contributed by atoms with Crippen LogP contribution in [0.2, 0.25) is 10.0 Å². The molecule has 3 rings (SSSR count). The first-order chi connectivity index (χ1) is 13.7. The molecule has 0 radical (unpaired) electrons. The van der Waals surface area contributed by atoms with E-state index in [1.807, 2.05) is 6.07 Å². The monoisotopic (exact) mass is 471 g/mol. The van der Waals surface area contributed by atoms with Crippen LogP contribution in [-0.2, 0) is 10.0 Å². The van der Waals surface area contributed by atoms with Gasteiger partial charge in [-0.1, -0.05) is 35.0 Å². The van der Waals surface area contributed by atoms with E-state index in [-0.39, 0.29) is 36.6 Å². The van der Waals surface area contributed by atoms with Crippen LogP contribution < -0.4 is 0 Å². The summed E-state index contributed by atoms with van der Waals surface area (Å²) in [5.74, 6) is 0. The van der Waals surface area contributed by atoms with Crippen LogP contribution in [0.4, 0.5) is 4.79 Å². The Morgan fingerprint density at radius 3 is 2.24 bits per heavy atom. The van der Waals surface area contributed by atoms with Crippen LogP contribution in [0, 0.1) is 11.3 Å². The van der Waals surface area contributed by atoms with Crippen LogP contribution in [0.5, 0.6) is 0 Å². The van der Waals surface area contributed by atoms with Crippen molar-refractivity contribution in [2.24, 2.45) is 0 Å². The molecule has 0 bridgehead atoms. The molecule has 1 aliphatic rings. The zero-order valence-electron chi connectivity index (χ0n) is 14.9. The van der Waals surface area contributed by atoms with Gasteiger partial charge in [0.05, 0.1) is 16.5 Å². The molecule has 0 atom stereocenters. The minimum atomic E-state index is -3.94. The van der Waals surface area contributed by atoms with Crippen molar-refractivity contribution < 1.29 is 18.3 Å². The number of sulfonamides is 1. The SMILES string of the molecule is N#Cc1ccc(Sc2cc(Cl)cc(Cl)c2)c(S(=O)(=O)N2CCN(C(=O)O)CC2)c1. The molecule has 0 aliphatic carbocycles. The Kier molecular flexibility index (Phi) is 6.61. The molecule has 2 aromatic carbocycles. The highest BCUT2D eigenvalue weighted by Gasteiger charge is 2.32. The second kappa shape index (κ2) is 8.81. The molecule has 0 saturated carbocycles. The number of benzene rings is 2. The highest BCUT2D eigenvalue weighted by molar-refractivity contribution is 8.00. The predicted octanol–water partition coefficient (Wildman–Crippen LogP) is 4.00. The third kappa shape index (κ3) is 4.97. The van der Waals surface area contributed by atoms with Crippen molar-refractivity contribution >= 4 is 51.1 Å². The molecule has 1 N–H and O–H groups in total. The Hall–Kier alpha value is -1.96. The second-order valence-corrected chi connectivity index (χ2v) is 10.0. The molecule has 1 aliphatic heterocycles. The molecule has 2 aromatic rings. The van der Waals surface area contributed by atoms with E-state index in [0.717, 1.165) is 0 Å². The molecule has 0 aromatic heterocycles. The van der Waals surface area contributed by atoms with Crippen molar-refractivity contribution in [3.05, 3.63) is 52.0 Å². The van der Waals surface area contributed by atoms with E-state index in [1.54, 1.807) is 24.3 Å². The molecule has 29 heavy (non-hydrogen) atoms.